The zero-order valence-corrected chi connectivity index (χ0v) is 12.2. The lowest BCUT2D eigenvalue weighted by Gasteiger charge is -2.23. The Kier molecular flexibility index (Phi) is 4.46. The molecule has 0 spiro atoms. The molecule has 0 aliphatic carbocycles. The van der Waals surface area contributed by atoms with Crippen LogP contribution in [0.4, 0.5) is 4.79 Å². The van der Waals surface area contributed by atoms with Crippen molar-refractivity contribution in [2.24, 2.45) is 0 Å². The molecule has 1 heterocycles. The number of hydrogen-bond donors (Lipinski definition) is 1. The maximum absolute atomic E-state index is 12.2. The summed E-state index contributed by atoms with van der Waals surface area (Å²) in [6.45, 7) is 8.14. The summed E-state index contributed by atoms with van der Waals surface area (Å²) in [5, 5.41) is 3.16. The van der Waals surface area contributed by atoms with E-state index in [1.165, 1.54) is 16.7 Å². The maximum Gasteiger partial charge on any atom is 0.317 e. The minimum atomic E-state index is 0.0857. The van der Waals surface area contributed by atoms with Gasteiger partial charge < -0.3 is 10.2 Å². The Morgan fingerprint density at radius 2 is 1.95 bits per heavy atom. The van der Waals surface area contributed by atoms with Crippen molar-refractivity contribution in [1.29, 1.82) is 0 Å². The van der Waals surface area contributed by atoms with E-state index in [4.69, 9.17) is 0 Å². The summed E-state index contributed by atoms with van der Waals surface area (Å²) in [5.74, 6) is 0. The van der Waals surface area contributed by atoms with E-state index >= 15 is 0 Å². The van der Waals surface area contributed by atoms with Gasteiger partial charge in [-0.05, 0) is 49.8 Å². The van der Waals surface area contributed by atoms with Crippen LogP contribution in [-0.2, 0) is 0 Å². The Morgan fingerprint density at radius 1 is 1.26 bits per heavy atom. The first kappa shape index (κ1) is 13.9. The number of amides is 2. The van der Waals surface area contributed by atoms with Crippen molar-refractivity contribution >= 4 is 6.03 Å². The Bertz CT molecular complexity index is 450. The lowest BCUT2D eigenvalue weighted by Crippen LogP contribution is -2.39. The van der Waals surface area contributed by atoms with Crippen molar-refractivity contribution in [3.8, 4) is 0 Å². The quantitative estimate of drug-likeness (QED) is 0.885. The zero-order chi connectivity index (χ0) is 13.8. The van der Waals surface area contributed by atoms with Gasteiger partial charge in [-0.15, -0.1) is 0 Å². The molecule has 1 fully saturated rings. The van der Waals surface area contributed by atoms with Crippen LogP contribution in [-0.4, -0.2) is 24.0 Å². The standard InChI is InChI=1S/C16H24N2O/c1-4-15(14-8-7-12(2)13(3)11-14)17-16(19)18-9-5-6-10-18/h7-8,11,15H,4-6,9-10H2,1-3H3,(H,17,19)/t15-/m1/s1. The van der Waals surface area contributed by atoms with Crippen LogP contribution in [0, 0.1) is 13.8 Å². The highest BCUT2D eigenvalue weighted by Crippen LogP contribution is 2.20. The van der Waals surface area contributed by atoms with Gasteiger partial charge in [0, 0.05) is 13.1 Å². The highest BCUT2D eigenvalue weighted by molar-refractivity contribution is 5.75. The van der Waals surface area contributed by atoms with Gasteiger partial charge >= 0.3 is 6.03 Å². The molecule has 1 aromatic carbocycles. The van der Waals surface area contributed by atoms with Crippen molar-refractivity contribution in [2.45, 2.75) is 46.1 Å². The van der Waals surface area contributed by atoms with Crippen LogP contribution < -0.4 is 5.32 Å². The molecular formula is C16H24N2O. The molecule has 1 atom stereocenters. The molecule has 2 rings (SSSR count). The minimum Gasteiger partial charge on any atom is -0.331 e. The van der Waals surface area contributed by atoms with E-state index in [0.717, 1.165) is 32.4 Å². The maximum atomic E-state index is 12.2. The lowest BCUT2D eigenvalue weighted by atomic mass is 9.99. The summed E-state index contributed by atoms with van der Waals surface area (Å²) in [4.78, 5) is 14.1. The molecule has 1 aliphatic rings. The predicted molar refractivity (Wildman–Crippen MR) is 78.3 cm³/mol. The van der Waals surface area contributed by atoms with Crippen LogP contribution in [0.15, 0.2) is 18.2 Å². The van der Waals surface area contributed by atoms with Gasteiger partial charge in [0.1, 0.15) is 0 Å². The second kappa shape index (κ2) is 6.09. The summed E-state index contributed by atoms with van der Waals surface area (Å²) >= 11 is 0. The van der Waals surface area contributed by atoms with Gasteiger partial charge in [-0.2, -0.15) is 0 Å². The van der Waals surface area contributed by atoms with Gasteiger partial charge in [-0.25, -0.2) is 4.79 Å². The summed E-state index contributed by atoms with van der Waals surface area (Å²) in [7, 11) is 0. The van der Waals surface area contributed by atoms with Gasteiger partial charge in [0.25, 0.3) is 0 Å². The van der Waals surface area contributed by atoms with Crippen molar-refractivity contribution in [3.05, 3.63) is 34.9 Å². The largest absolute Gasteiger partial charge is 0.331 e. The Balaban J connectivity index is 2.06. The third kappa shape index (κ3) is 3.28. The van der Waals surface area contributed by atoms with Gasteiger partial charge in [0.2, 0.25) is 0 Å². The SMILES string of the molecule is CC[C@@H](NC(=O)N1CCCC1)c1ccc(C)c(C)c1. The number of hydrogen-bond acceptors (Lipinski definition) is 1. The number of nitrogens with one attached hydrogen (secondary N) is 1. The average Bonchev–Trinajstić information content (AvgIpc) is 2.93. The fourth-order valence-corrected chi connectivity index (χ4v) is 2.56. The van der Waals surface area contributed by atoms with Crippen LogP contribution in [0.1, 0.15) is 48.9 Å². The first-order valence-electron chi connectivity index (χ1n) is 7.24. The van der Waals surface area contributed by atoms with E-state index in [2.05, 4.69) is 44.3 Å². The van der Waals surface area contributed by atoms with Crippen molar-refractivity contribution < 1.29 is 4.79 Å². The van der Waals surface area contributed by atoms with Crippen molar-refractivity contribution in [1.82, 2.24) is 10.2 Å². The molecule has 104 valence electrons. The van der Waals surface area contributed by atoms with Gasteiger partial charge in [-0.1, -0.05) is 25.1 Å². The van der Waals surface area contributed by atoms with Gasteiger partial charge in [0.05, 0.1) is 6.04 Å². The van der Waals surface area contributed by atoms with Gasteiger partial charge in [-0.3, -0.25) is 0 Å². The number of carbonyl (C=O) groups excluding carboxylic acids is 1. The van der Waals surface area contributed by atoms with Gasteiger partial charge in [0.15, 0.2) is 0 Å². The molecule has 3 nitrogen and oxygen atoms in total. The fourth-order valence-electron chi connectivity index (χ4n) is 2.56. The molecule has 1 aromatic rings. The number of rotatable bonds is 3. The third-order valence-corrected chi connectivity index (χ3v) is 4.03. The first-order chi connectivity index (χ1) is 9.11. The molecule has 0 unspecified atom stereocenters. The van der Waals surface area contributed by atoms with E-state index in [-0.39, 0.29) is 12.1 Å². The highest BCUT2D eigenvalue weighted by atomic mass is 16.2. The topological polar surface area (TPSA) is 32.3 Å². The smallest absolute Gasteiger partial charge is 0.317 e. The first-order valence-corrected chi connectivity index (χ1v) is 7.24. The van der Waals surface area contributed by atoms with E-state index in [9.17, 15) is 4.79 Å². The normalized spacial score (nSPS) is 16.5. The highest BCUT2D eigenvalue weighted by Gasteiger charge is 2.20. The van der Waals surface area contributed by atoms with E-state index in [1.807, 2.05) is 4.90 Å². The number of urea groups is 1. The van der Waals surface area contributed by atoms with Crippen LogP contribution in [0.5, 0.6) is 0 Å². The van der Waals surface area contributed by atoms with Crippen LogP contribution in [0.25, 0.3) is 0 Å². The van der Waals surface area contributed by atoms with E-state index < -0.39 is 0 Å². The Hall–Kier alpha value is -1.51. The third-order valence-electron chi connectivity index (χ3n) is 4.03. The molecule has 3 heteroatoms. The molecule has 1 N–H and O–H groups in total. The predicted octanol–water partition coefficient (Wildman–Crippen LogP) is 3.56. The van der Waals surface area contributed by atoms with Crippen LogP contribution >= 0.6 is 0 Å². The molecule has 19 heavy (non-hydrogen) atoms. The summed E-state index contributed by atoms with van der Waals surface area (Å²) in [6, 6.07) is 6.65. The second-order valence-electron chi connectivity index (χ2n) is 5.45. The molecule has 0 saturated carbocycles. The number of carbonyl (C=O) groups is 1. The molecule has 1 saturated heterocycles. The molecule has 1 aliphatic heterocycles. The number of benzene rings is 1. The van der Waals surface area contributed by atoms with Crippen molar-refractivity contribution in [3.63, 3.8) is 0 Å². The number of likely N-dealkylation sites (tertiary alicyclic amines) is 1. The average molecular weight is 260 g/mol. The molecule has 2 amide bonds. The molecule has 0 aromatic heterocycles. The number of aryl methyl sites for hydroxylation is 2. The molecule has 0 bridgehead atoms. The van der Waals surface area contributed by atoms with Crippen molar-refractivity contribution in [2.75, 3.05) is 13.1 Å². The van der Waals surface area contributed by atoms with E-state index in [0.29, 0.717) is 0 Å². The Morgan fingerprint density at radius 3 is 2.53 bits per heavy atom. The minimum absolute atomic E-state index is 0.0857. The second-order valence-corrected chi connectivity index (χ2v) is 5.45. The monoisotopic (exact) mass is 260 g/mol. The zero-order valence-electron chi connectivity index (χ0n) is 12.2. The summed E-state index contributed by atoms with van der Waals surface area (Å²) in [6.07, 6.45) is 3.18. The van der Waals surface area contributed by atoms with Crippen LogP contribution in [0.3, 0.4) is 0 Å². The van der Waals surface area contributed by atoms with E-state index in [1.54, 1.807) is 0 Å². The fraction of sp³-hybridized carbons (Fsp3) is 0.562. The lowest BCUT2D eigenvalue weighted by molar-refractivity contribution is 0.204. The van der Waals surface area contributed by atoms with Crippen LogP contribution in [0.2, 0.25) is 0 Å². The summed E-state index contributed by atoms with van der Waals surface area (Å²) < 4.78 is 0. The summed E-state index contributed by atoms with van der Waals surface area (Å²) in [5.41, 5.74) is 3.79. The number of nitrogens with zero attached hydrogens (tertiary/aromatic N) is 1. The molecule has 0 radical (unpaired) electrons. The Labute approximate surface area is 116 Å². The molecular weight excluding hydrogens is 236 g/mol.